The van der Waals surface area contributed by atoms with E-state index in [0.29, 0.717) is 13.0 Å². The maximum Gasteiger partial charge on any atom is 0.319 e. The number of methoxy groups -OCH3 is 2. The minimum Gasteiger partial charge on any atom is -0.469 e. The maximum atomic E-state index is 10.7. The molecule has 0 aliphatic heterocycles. The Morgan fingerprint density at radius 2 is 1.38 bits per heavy atom. The van der Waals surface area contributed by atoms with Gasteiger partial charge in [0.05, 0.1) is 20.8 Å². The quantitative estimate of drug-likeness (QED) is 0.665. The number of nitrogens with zero attached hydrogens (tertiary/aromatic N) is 1. The lowest BCUT2D eigenvalue weighted by Crippen LogP contribution is -2.29. The number of carbonyl (C=O) groups is 2. The Morgan fingerprint density at radius 3 is 1.56 bits per heavy atom. The van der Waals surface area contributed by atoms with Crippen LogP contribution >= 0.6 is 0 Å². The summed E-state index contributed by atoms with van der Waals surface area (Å²) in [6.07, 6.45) is 0.469. The SMILES string of the molecule is CCC(=O)OC.CCN(CC)CC(=O)OC. The molecule has 0 fully saturated rings. The van der Waals surface area contributed by atoms with E-state index in [4.69, 9.17) is 0 Å². The Hall–Kier alpha value is -1.10. The molecule has 0 unspecified atom stereocenters. The average molecular weight is 233 g/mol. The molecule has 96 valence electrons. The third-order valence-electron chi connectivity index (χ3n) is 1.99. The summed E-state index contributed by atoms with van der Waals surface area (Å²) in [5, 5.41) is 0. The van der Waals surface area contributed by atoms with Crippen molar-refractivity contribution < 1.29 is 19.1 Å². The van der Waals surface area contributed by atoms with E-state index in [1.165, 1.54) is 14.2 Å². The molecule has 0 saturated heterocycles. The molecule has 0 aliphatic carbocycles. The van der Waals surface area contributed by atoms with Crippen LogP contribution in [0.1, 0.15) is 27.2 Å². The van der Waals surface area contributed by atoms with E-state index in [1.807, 2.05) is 18.7 Å². The van der Waals surface area contributed by atoms with Crippen LogP contribution in [-0.4, -0.2) is 50.7 Å². The third kappa shape index (κ3) is 11.0. The van der Waals surface area contributed by atoms with Gasteiger partial charge in [0.25, 0.3) is 0 Å². The van der Waals surface area contributed by atoms with Gasteiger partial charge in [-0.1, -0.05) is 20.8 Å². The number of carbonyl (C=O) groups excluding carboxylic acids is 2. The minimum absolute atomic E-state index is 0.157. The van der Waals surface area contributed by atoms with Crippen molar-refractivity contribution in [2.45, 2.75) is 27.2 Å². The molecule has 16 heavy (non-hydrogen) atoms. The first-order valence-corrected chi connectivity index (χ1v) is 5.41. The molecule has 0 aromatic carbocycles. The van der Waals surface area contributed by atoms with Gasteiger partial charge in [0.2, 0.25) is 0 Å². The van der Waals surface area contributed by atoms with Crippen LogP contribution < -0.4 is 0 Å². The van der Waals surface area contributed by atoms with Crippen molar-refractivity contribution in [2.75, 3.05) is 33.9 Å². The maximum absolute atomic E-state index is 10.7. The van der Waals surface area contributed by atoms with E-state index in [1.54, 1.807) is 6.92 Å². The van der Waals surface area contributed by atoms with Crippen LogP contribution in [0.4, 0.5) is 0 Å². The van der Waals surface area contributed by atoms with Crippen LogP contribution in [0.2, 0.25) is 0 Å². The first-order valence-electron chi connectivity index (χ1n) is 5.41. The number of likely N-dealkylation sites (N-methyl/N-ethyl adjacent to an activating group) is 1. The summed E-state index contributed by atoms with van der Waals surface area (Å²) in [4.78, 5) is 22.6. The standard InChI is InChI=1S/C7H15NO2.C4H8O2/c1-4-8(5-2)6-7(9)10-3;1-3-4(5)6-2/h4-6H2,1-3H3;3H2,1-2H3. The van der Waals surface area contributed by atoms with Crippen molar-refractivity contribution in [1.29, 1.82) is 0 Å². The van der Waals surface area contributed by atoms with Crippen molar-refractivity contribution in [1.82, 2.24) is 4.90 Å². The number of rotatable bonds is 5. The molecule has 0 aliphatic rings. The van der Waals surface area contributed by atoms with Crippen LogP contribution in [0.5, 0.6) is 0 Å². The molecule has 0 spiro atoms. The molecule has 5 nitrogen and oxygen atoms in total. The van der Waals surface area contributed by atoms with Crippen molar-refractivity contribution >= 4 is 11.9 Å². The Balaban J connectivity index is 0. The lowest BCUT2D eigenvalue weighted by Gasteiger charge is -2.15. The van der Waals surface area contributed by atoms with E-state index < -0.39 is 0 Å². The molecular weight excluding hydrogens is 210 g/mol. The highest BCUT2D eigenvalue weighted by molar-refractivity contribution is 5.71. The van der Waals surface area contributed by atoms with Crippen LogP contribution in [-0.2, 0) is 19.1 Å². The van der Waals surface area contributed by atoms with E-state index in [9.17, 15) is 9.59 Å². The first-order chi connectivity index (χ1) is 7.55. The third-order valence-corrected chi connectivity index (χ3v) is 1.99. The number of ether oxygens (including phenoxy) is 2. The highest BCUT2D eigenvalue weighted by Crippen LogP contribution is 1.86. The molecule has 0 radical (unpaired) electrons. The van der Waals surface area contributed by atoms with Gasteiger partial charge in [-0.15, -0.1) is 0 Å². The summed E-state index contributed by atoms with van der Waals surface area (Å²) < 4.78 is 8.76. The summed E-state index contributed by atoms with van der Waals surface area (Å²) in [5.41, 5.74) is 0. The van der Waals surface area contributed by atoms with E-state index in [-0.39, 0.29) is 11.9 Å². The second kappa shape index (κ2) is 12.0. The smallest absolute Gasteiger partial charge is 0.319 e. The van der Waals surface area contributed by atoms with Crippen LogP contribution in [0.3, 0.4) is 0 Å². The zero-order chi connectivity index (χ0) is 13.0. The fourth-order valence-electron chi connectivity index (χ4n) is 0.839. The van der Waals surface area contributed by atoms with Gasteiger partial charge in [0.1, 0.15) is 0 Å². The Labute approximate surface area is 97.7 Å². The fourth-order valence-corrected chi connectivity index (χ4v) is 0.839. The molecule has 0 aromatic heterocycles. The van der Waals surface area contributed by atoms with Gasteiger partial charge in [-0.05, 0) is 13.1 Å². The molecule has 0 aromatic rings. The van der Waals surface area contributed by atoms with Gasteiger partial charge in [0.15, 0.2) is 0 Å². The summed E-state index contributed by atoms with van der Waals surface area (Å²) in [6.45, 7) is 7.99. The molecular formula is C11H23NO4. The second-order valence-corrected chi connectivity index (χ2v) is 2.97. The number of hydrogen-bond donors (Lipinski definition) is 0. The summed E-state index contributed by atoms with van der Waals surface area (Å²) in [6, 6.07) is 0. The van der Waals surface area contributed by atoms with Crippen molar-refractivity contribution in [3.05, 3.63) is 0 Å². The van der Waals surface area contributed by atoms with E-state index in [0.717, 1.165) is 13.1 Å². The van der Waals surface area contributed by atoms with Gasteiger partial charge in [-0.2, -0.15) is 0 Å². The van der Waals surface area contributed by atoms with Crippen LogP contribution in [0, 0.1) is 0 Å². The lowest BCUT2D eigenvalue weighted by atomic mass is 10.5. The Bertz CT molecular complexity index is 184. The van der Waals surface area contributed by atoms with Crippen LogP contribution in [0.15, 0.2) is 0 Å². The zero-order valence-electron chi connectivity index (χ0n) is 10.9. The first kappa shape index (κ1) is 17.3. The largest absolute Gasteiger partial charge is 0.469 e. The lowest BCUT2D eigenvalue weighted by molar-refractivity contribution is -0.142. The molecule has 0 saturated carbocycles. The predicted octanol–water partition coefficient (Wildman–Crippen LogP) is 1.07. The molecule has 5 heteroatoms. The second-order valence-electron chi connectivity index (χ2n) is 2.97. The average Bonchev–Trinajstić information content (AvgIpc) is 2.35. The summed E-state index contributed by atoms with van der Waals surface area (Å²) in [5.74, 6) is -0.321. The van der Waals surface area contributed by atoms with Gasteiger partial charge in [0, 0.05) is 6.42 Å². The topological polar surface area (TPSA) is 55.8 Å². The van der Waals surface area contributed by atoms with Gasteiger partial charge < -0.3 is 9.47 Å². The zero-order valence-corrected chi connectivity index (χ0v) is 10.9. The minimum atomic E-state index is -0.163. The molecule has 0 heterocycles. The van der Waals surface area contributed by atoms with Crippen molar-refractivity contribution in [3.8, 4) is 0 Å². The normalized spacial score (nSPS) is 9.12. The van der Waals surface area contributed by atoms with E-state index in [2.05, 4.69) is 9.47 Å². The molecule has 0 bridgehead atoms. The molecule has 0 N–H and O–H groups in total. The fraction of sp³-hybridized carbons (Fsp3) is 0.818. The molecule has 0 amide bonds. The van der Waals surface area contributed by atoms with Crippen LogP contribution in [0.25, 0.3) is 0 Å². The van der Waals surface area contributed by atoms with Gasteiger partial charge in [-0.3, -0.25) is 14.5 Å². The number of esters is 2. The van der Waals surface area contributed by atoms with Crippen molar-refractivity contribution in [3.63, 3.8) is 0 Å². The summed E-state index contributed by atoms with van der Waals surface area (Å²) >= 11 is 0. The Morgan fingerprint density at radius 1 is 0.938 bits per heavy atom. The summed E-state index contributed by atoms with van der Waals surface area (Å²) in [7, 11) is 2.79. The highest BCUT2D eigenvalue weighted by Gasteiger charge is 2.05. The molecule has 0 rings (SSSR count). The number of hydrogen-bond acceptors (Lipinski definition) is 5. The van der Waals surface area contributed by atoms with E-state index >= 15 is 0 Å². The predicted molar refractivity (Wildman–Crippen MR) is 62.1 cm³/mol. The van der Waals surface area contributed by atoms with Gasteiger partial charge >= 0.3 is 11.9 Å². The molecule has 0 atom stereocenters. The highest BCUT2D eigenvalue weighted by atomic mass is 16.5. The van der Waals surface area contributed by atoms with Gasteiger partial charge in [-0.25, -0.2) is 0 Å². The monoisotopic (exact) mass is 233 g/mol. The Kier molecular flexibility index (Phi) is 12.9. The van der Waals surface area contributed by atoms with Crippen molar-refractivity contribution in [2.24, 2.45) is 0 Å².